The summed E-state index contributed by atoms with van der Waals surface area (Å²) in [6.45, 7) is 4.73. The fraction of sp³-hybridized carbons (Fsp3) is 0.300. The fourth-order valence-corrected chi connectivity index (χ4v) is 3.29. The zero-order chi connectivity index (χ0) is 24.1. The molecule has 0 unspecified atom stereocenters. The Hall–Kier alpha value is -4.26. The summed E-state index contributed by atoms with van der Waals surface area (Å²) < 4.78 is 1.52. The van der Waals surface area contributed by atoms with Crippen LogP contribution < -0.4 is 27.2 Å². The number of nitrogen functional groups attached to an aromatic ring is 1. The molecule has 0 radical (unpaired) electrons. The molecule has 8 N–H and O–H groups in total. The van der Waals surface area contributed by atoms with E-state index in [9.17, 15) is 24.3 Å². The van der Waals surface area contributed by atoms with Gasteiger partial charge in [0.2, 0.25) is 17.9 Å². The number of carboxylic acids is 2. The standard InChI is InChI=1S/C20H23N7O6/c1-27-13(9-23-16-15(27)18(31)26-20(21)25-16)22-8-10-2-4-11(5-3-10)17(30)24-12(19(32)33)6-7-14(28)29/h2-5,12-13,22H,1,6-9H2,(H6-,21,23,24,25,26,28,29,30,31,32,33)/p+1/t12-,13+/m0/s1. The van der Waals surface area contributed by atoms with Gasteiger partial charge in [0.25, 0.3) is 5.91 Å². The molecular weight excluding hydrogens is 434 g/mol. The molecular formula is C20H24N7O6+. The number of nitrogens with two attached hydrogens (primary N) is 1. The third-order valence-electron chi connectivity index (χ3n) is 5.05. The van der Waals surface area contributed by atoms with Gasteiger partial charge in [-0.05, 0) is 24.1 Å². The number of hydrogen-bond donors (Lipinski definition) is 7. The first kappa shape index (κ1) is 23.4. The highest BCUT2D eigenvalue weighted by molar-refractivity contribution is 5.96. The minimum absolute atomic E-state index is 0.00625. The van der Waals surface area contributed by atoms with Crippen molar-refractivity contribution in [2.45, 2.75) is 31.6 Å². The molecule has 13 heteroatoms. The number of hydrogen-bond acceptors (Lipinski definition) is 8. The molecule has 174 valence electrons. The van der Waals surface area contributed by atoms with Crippen molar-refractivity contribution in [3.63, 3.8) is 0 Å². The molecule has 1 aromatic carbocycles. The van der Waals surface area contributed by atoms with Crippen molar-refractivity contribution in [3.05, 3.63) is 45.7 Å². The molecule has 0 saturated heterocycles. The normalized spacial score (nSPS) is 15.8. The van der Waals surface area contributed by atoms with Gasteiger partial charge >= 0.3 is 23.2 Å². The van der Waals surface area contributed by atoms with Gasteiger partial charge in [-0.25, -0.2) is 4.79 Å². The average molecular weight is 458 g/mol. The predicted molar refractivity (Wildman–Crippen MR) is 118 cm³/mol. The van der Waals surface area contributed by atoms with Crippen molar-refractivity contribution < 1.29 is 29.2 Å². The summed E-state index contributed by atoms with van der Waals surface area (Å²) in [5.41, 5.74) is 6.47. The van der Waals surface area contributed by atoms with Crippen molar-refractivity contribution >= 4 is 42.0 Å². The summed E-state index contributed by atoms with van der Waals surface area (Å²) in [4.78, 5) is 52.9. The summed E-state index contributed by atoms with van der Waals surface area (Å²) in [6, 6.07) is 5.17. The van der Waals surface area contributed by atoms with Crippen LogP contribution in [0.2, 0.25) is 0 Å². The molecule has 0 aliphatic carbocycles. The van der Waals surface area contributed by atoms with E-state index in [-0.39, 0.29) is 36.2 Å². The number of rotatable bonds is 9. The number of carbonyl (C=O) groups is 3. The lowest BCUT2D eigenvalue weighted by molar-refractivity contribution is -0.484. The van der Waals surface area contributed by atoms with Crippen molar-refractivity contribution in [3.8, 4) is 0 Å². The third kappa shape index (κ3) is 5.71. The van der Waals surface area contributed by atoms with Crippen LogP contribution in [0.25, 0.3) is 0 Å². The number of aromatic amines is 1. The number of carbonyl (C=O) groups excluding carboxylic acids is 1. The highest BCUT2D eigenvalue weighted by Gasteiger charge is 2.33. The van der Waals surface area contributed by atoms with Gasteiger partial charge in [-0.3, -0.25) is 24.7 Å². The zero-order valence-corrected chi connectivity index (χ0v) is 17.5. The largest absolute Gasteiger partial charge is 0.481 e. The van der Waals surface area contributed by atoms with Gasteiger partial charge in [0.15, 0.2) is 0 Å². The number of nitrogens with one attached hydrogen (secondary N) is 4. The molecule has 33 heavy (non-hydrogen) atoms. The van der Waals surface area contributed by atoms with Gasteiger partial charge in [-0.1, -0.05) is 12.1 Å². The Kier molecular flexibility index (Phi) is 7.03. The van der Waals surface area contributed by atoms with E-state index in [2.05, 4.69) is 32.6 Å². The number of aliphatic carboxylic acids is 2. The lowest BCUT2D eigenvalue weighted by Crippen LogP contribution is -2.47. The molecule has 1 aliphatic rings. The highest BCUT2D eigenvalue weighted by Crippen LogP contribution is 2.22. The Morgan fingerprint density at radius 3 is 2.61 bits per heavy atom. The van der Waals surface area contributed by atoms with E-state index in [4.69, 9.17) is 10.8 Å². The lowest BCUT2D eigenvalue weighted by atomic mass is 10.1. The number of nitrogens with zero attached hydrogens (tertiary/aromatic N) is 2. The molecule has 3 rings (SSSR count). The number of benzene rings is 1. The first-order chi connectivity index (χ1) is 15.7. The monoisotopic (exact) mass is 458 g/mol. The van der Waals surface area contributed by atoms with Gasteiger partial charge in [-0.2, -0.15) is 9.56 Å². The van der Waals surface area contributed by atoms with Crippen LogP contribution in [0.5, 0.6) is 0 Å². The predicted octanol–water partition coefficient (Wildman–Crippen LogP) is -0.714. The lowest BCUT2D eigenvalue weighted by Gasteiger charge is -2.22. The summed E-state index contributed by atoms with van der Waals surface area (Å²) in [7, 11) is 0. The number of H-pyrrole nitrogens is 1. The summed E-state index contributed by atoms with van der Waals surface area (Å²) in [6.07, 6.45) is -0.915. The number of fused-ring (bicyclic) bond motifs is 1. The Labute approximate surface area is 187 Å². The van der Waals surface area contributed by atoms with E-state index in [0.29, 0.717) is 18.9 Å². The second-order valence-electron chi connectivity index (χ2n) is 7.39. The molecule has 2 heterocycles. The quantitative estimate of drug-likeness (QED) is 0.235. The maximum absolute atomic E-state index is 12.3. The van der Waals surface area contributed by atoms with Crippen molar-refractivity contribution in [1.82, 2.24) is 20.6 Å². The van der Waals surface area contributed by atoms with Crippen LogP contribution in [0.15, 0.2) is 29.1 Å². The molecule has 0 fully saturated rings. The topological polar surface area (TPSA) is 203 Å². The second-order valence-corrected chi connectivity index (χ2v) is 7.39. The number of carboxylic acid groups (broad SMARTS) is 2. The summed E-state index contributed by atoms with van der Waals surface area (Å²) in [5.74, 6) is -2.71. The maximum atomic E-state index is 12.3. The number of aromatic nitrogens is 2. The van der Waals surface area contributed by atoms with E-state index >= 15 is 0 Å². The van der Waals surface area contributed by atoms with Gasteiger partial charge in [0.05, 0.1) is 6.54 Å². The van der Waals surface area contributed by atoms with Gasteiger partial charge in [0.1, 0.15) is 12.8 Å². The van der Waals surface area contributed by atoms with Crippen molar-refractivity contribution in [1.29, 1.82) is 0 Å². The zero-order valence-electron chi connectivity index (χ0n) is 17.5. The molecule has 1 aliphatic heterocycles. The van der Waals surface area contributed by atoms with Crippen molar-refractivity contribution in [2.24, 2.45) is 0 Å². The highest BCUT2D eigenvalue weighted by atomic mass is 16.4. The Bertz CT molecular complexity index is 1140. The van der Waals surface area contributed by atoms with Crippen LogP contribution in [-0.2, 0) is 16.1 Å². The van der Waals surface area contributed by atoms with Crippen LogP contribution in [0.4, 0.5) is 17.5 Å². The van der Waals surface area contributed by atoms with E-state index in [1.165, 1.54) is 16.7 Å². The van der Waals surface area contributed by atoms with Gasteiger partial charge < -0.3 is 26.6 Å². The van der Waals surface area contributed by atoms with Crippen LogP contribution in [0, 0.1) is 0 Å². The number of amides is 1. The Morgan fingerprint density at radius 1 is 1.27 bits per heavy atom. The number of anilines is 2. The van der Waals surface area contributed by atoms with Crippen LogP contribution >= 0.6 is 0 Å². The minimum Gasteiger partial charge on any atom is -0.481 e. The van der Waals surface area contributed by atoms with Gasteiger partial charge in [-0.15, -0.1) is 0 Å². The Balaban J connectivity index is 1.59. The first-order valence-corrected chi connectivity index (χ1v) is 9.97. The van der Waals surface area contributed by atoms with Gasteiger partial charge in [0, 0.05) is 18.5 Å². The third-order valence-corrected chi connectivity index (χ3v) is 5.05. The second kappa shape index (κ2) is 9.91. The maximum Gasteiger partial charge on any atom is 0.326 e. The molecule has 0 spiro atoms. The molecule has 1 amide bonds. The van der Waals surface area contributed by atoms with Crippen LogP contribution in [-0.4, -0.2) is 68.1 Å². The van der Waals surface area contributed by atoms with Crippen molar-refractivity contribution in [2.75, 3.05) is 17.6 Å². The fourth-order valence-electron chi connectivity index (χ4n) is 3.29. The summed E-state index contributed by atoms with van der Waals surface area (Å²) in [5, 5.41) is 26.5. The summed E-state index contributed by atoms with van der Waals surface area (Å²) >= 11 is 0. The van der Waals surface area contributed by atoms with Crippen LogP contribution in [0.3, 0.4) is 0 Å². The average Bonchev–Trinajstić information content (AvgIpc) is 2.75. The molecule has 2 atom stereocenters. The van der Waals surface area contributed by atoms with E-state index in [1.807, 2.05) is 0 Å². The van der Waals surface area contributed by atoms with E-state index < -0.39 is 29.4 Å². The SMILES string of the molecule is C=[N+]1c2c(nc(N)[nH]c2=O)NC[C@@H]1NCc1ccc(C(=O)N[C@@H](CCC(=O)O)C(=O)O)cc1. The van der Waals surface area contributed by atoms with Crippen LogP contribution in [0.1, 0.15) is 28.8 Å². The molecule has 0 bridgehead atoms. The molecule has 1 aromatic heterocycles. The molecule has 13 nitrogen and oxygen atoms in total. The van der Waals surface area contributed by atoms with E-state index in [0.717, 1.165) is 5.56 Å². The molecule has 0 saturated carbocycles. The Morgan fingerprint density at radius 2 is 1.97 bits per heavy atom. The molecule has 2 aromatic rings. The van der Waals surface area contributed by atoms with E-state index in [1.54, 1.807) is 12.1 Å². The smallest absolute Gasteiger partial charge is 0.326 e. The minimum atomic E-state index is -1.30. The first-order valence-electron chi connectivity index (χ1n) is 9.97.